The van der Waals surface area contributed by atoms with Gasteiger partial charge in [-0.2, -0.15) is 0 Å². The van der Waals surface area contributed by atoms with Crippen LogP contribution < -0.4 is 0 Å². The Hall–Kier alpha value is -2.23. The molecule has 1 fully saturated rings. The zero-order valence-electron chi connectivity index (χ0n) is 13.1. The van der Waals surface area contributed by atoms with Crippen molar-refractivity contribution in [2.24, 2.45) is 0 Å². The molecule has 1 aromatic heterocycles. The summed E-state index contributed by atoms with van der Waals surface area (Å²) in [4.78, 5) is 22.7. The summed E-state index contributed by atoms with van der Waals surface area (Å²) in [5, 5.41) is 0. The summed E-state index contributed by atoms with van der Waals surface area (Å²) in [6.07, 6.45) is 5.75. The number of hydrogen-bond acceptors (Lipinski definition) is 3. The van der Waals surface area contributed by atoms with Gasteiger partial charge in [-0.1, -0.05) is 24.3 Å². The number of rotatable bonds is 2. The molecule has 2 heterocycles. The van der Waals surface area contributed by atoms with Crippen LogP contribution in [0.2, 0.25) is 0 Å². The highest BCUT2D eigenvalue weighted by molar-refractivity contribution is 5.73. The number of benzene rings is 1. The number of carbonyl (C=O) groups excluding carboxylic acids is 1. The van der Waals surface area contributed by atoms with E-state index >= 15 is 0 Å². The fourth-order valence-corrected chi connectivity index (χ4v) is 3.07. The zero-order chi connectivity index (χ0) is 15.5. The Morgan fingerprint density at radius 2 is 2.09 bits per heavy atom. The molecule has 0 bridgehead atoms. The van der Waals surface area contributed by atoms with Crippen molar-refractivity contribution in [2.45, 2.75) is 32.6 Å². The summed E-state index contributed by atoms with van der Waals surface area (Å²) in [5.41, 5.74) is 4.22. The number of hydrogen-bond donors (Lipinski definition) is 0. The highest BCUT2D eigenvalue weighted by Crippen LogP contribution is 2.27. The van der Waals surface area contributed by atoms with Crippen molar-refractivity contribution in [3.8, 4) is 11.3 Å². The summed E-state index contributed by atoms with van der Waals surface area (Å²) in [6.45, 7) is 5.33. The lowest BCUT2D eigenvalue weighted by molar-refractivity contribution is -0.130. The van der Waals surface area contributed by atoms with Gasteiger partial charge in [0, 0.05) is 37.7 Å². The van der Waals surface area contributed by atoms with Crippen molar-refractivity contribution in [3.05, 3.63) is 47.9 Å². The standard InChI is InChI=1S/C18H21N3O/c1-13-6-3-4-8-16(13)18-11-19-10-17(20-18)15-7-5-9-21(12-15)14(2)22/h3-4,6,8,10-11,15H,5,7,9,12H2,1-2H3/t15-/m0/s1. The van der Waals surface area contributed by atoms with Crippen LogP contribution in [0, 0.1) is 6.92 Å². The van der Waals surface area contributed by atoms with E-state index in [2.05, 4.69) is 24.0 Å². The molecule has 114 valence electrons. The SMILES string of the molecule is CC(=O)N1CCC[C@H](c2cncc(-c3ccccc3C)n2)C1. The highest BCUT2D eigenvalue weighted by atomic mass is 16.2. The predicted molar refractivity (Wildman–Crippen MR) is 86.4 cm³/mol. The third-order valence-corrected chi connectivity index (χ3v) is 4.36. The van der Waals surface area contributed by atoms with Crippen LogP contribution in [-0.2, 0) is 4.79 Å². The maximum Gasteiger partial charge on any atom is 0.219 e. The maximum absolute atomic E-state index is 11.6. The molecule has 1 atom stereocenters. The quantitative estimate of drug-likeness (QED) is 0.855. The summed E-state index contributed by atoms with van der Waals surface area (Å²) in [7, 11) is 0. The molecule has 1 amide bonds. The monoisotopic (exact) mass is 295 g/mol. The molecule has 2 aromatic rings. The second kappa shape index (κ2) is 6.26. The molecular formula is C18H21N3O. The predicted octanol–water partition coefficient (Wildman–Crippen LogP) is 3.18. The van der Waals surface area contributed by atoms with Crippen molar-refractivity contribution in [1.29, 1.82) is 0 Å². The van der Waals surface area contributed by atoms with E-state index in [0.29, 0.717) is 0 Å². The van der Waals surface area contributed by atoms with Crippen molar-refractivity contribution >= 4 is 5.91 Å². The topological polar surface area (TPSA) is 46.1 Å². The second-order valence-electron chi connectivity index (χ2n) is 5.95. The lowest BCUT2D eigenvalue weighted by Crippen LogP contribution is -2.37. The average Bonchev–Trinajstić information content (AvgIpc) is 2.55. The van der Waals surface area contributed by atoms with Crippen molar-refractivity contribution in [3.63, 3.8) is 0 Å². The molecule has 0 saturated carbocycles. The molecule has 1 aliphatic rings. The molecule has 22 heavy (non-hydrogen) atoms. The van der Waals surface area contributed by atoms with Gasteiger partial charge in [-0.05, 0) is 25.3 Å². The Kier molecular flexibility index (Phi) is 4.18. The third-order valence-electron chi connectivity index (χ3n) is 4.36. The van der Waals surface area contributed by atoms with Gasteiger partial charge >= 0.3 is 0 Å². The molecule has 0 N–H and O–H groups in total. The summed E-state index contributed by atoms with van der Waals surface area (Å²) < 4.78 is 0. The summed E-state index contributed by atoms with van der Waals surface area (Å²) in [5.74, 6) is 0.432. The lowest BCUT2D eigenvalue weighted by Gasteiger charge is -2.31. The van der Waals surface area contributed by atoms with E-state index in [4.69, 9.17) is 4.98 Å². The minimum atomic E-state index is 0.146. The highest BCUT2D eigenvalue weighted by Gasteiger charge is 2.24. The van der Waals surface area contributed by atoms with Gasteiger partial charge in [-0.3, -0.25) is 9.78 Å². The van der Waals surface area contributed by atoms with E-state index in [1.807, 2.05) is 29.4 Å². The van der Waals surface area contributed by atoms with E-state index in [0.717, 1.165) is 42.9 Å². The zero-order valence-corrected chi connectivity index (χ0v) is 13.1. The van der Waals surface area contributed by atoms with Crippen LogP contribution >= 0.6 is 0 Å². The second-order valence-corrected chi connectivity index (χ2v) is 5.95. The Labute approximate surface area is 131 Å². The van der Waals surface area contributed by atoms with E-state index in [1.54, 1.807) is 6.92 Å². The molecule has 4 nitrogen and oxygen atoms in total. The van der Waals surface area contributed by atoms with Crippen LogP contribution in [0.5, 0.6) is 0 Å². The Morgan fingerprint density at radius 1 is 1.27 bits per heavy atom. The lowest BCUT2D eigenvalue weighted by atomic mass is 9.94. The number of nitrogens with zero attached hydrogens (tertiary/aromatic N) is 3. The van der Waals surface area contributed by atoms with Crippen LogP contribution in [0.4, 0.5) is 0 Å². The molecular weight excluding hydrogens is 274 g/mol. The van der Waals surface area contributed by atoms with Crippen LogP contribution in [0.15, 0.2) is 36.7 Å². The number of aromatic nitrogens is 2. The van der Waals surface area contributed by atoms with Gasteiger partial charge in [-0.25, -0.2) is 4.98 Å². The fourth-order valence-electron chi connectivity index (χ4n) is 3.07. The van der Waals surface area contributed by atoms with E-state index in [9.17, 15) is 4.79 Å². The molecule has 4 heteroatoms. The normalized spacial score (nSPS) is 18.3. The molecule has 0 aliphatic carbocycles. The minimum Gasteiger partial charge on any atom is -0.342 e. The number of aryl methyl sites for hydroxylation is 1. The van der Waals surface area contributed by atoms with Crippen molar-refractivity contribution in [2.75, 3.05) is 13.1 Å². The fraction of sp³-hybridized carbons (Fsp3) is 0.389. The number of carbonyl (C=O) groups is 1. The molecule has 1 saturated heterocycles. The van der Waals surface area contributed by atoms with Gasteiger partial charge < -0.3 is 4.90 Å². The molecule has 3 rings (SSSR count). The summed E-state index contributed by atoms with van der Waals surface area (Å²) >= 11 is 0. The number of likely N-dealkylation sites (tertiary alicyclic amines) is 1. The number of amides is 1. The van der Waals surface area contributed by atoms with Gasteiger partial charge in [0.05, 0.1) is 17.6 Å². The van der Waals surface area contributed by atoms with Crippen LogP contribution in [-0.4, -0.2) is 33.9 Å². The smallest absolute Gasteiger partial charge is 0.219 e. The molecule has 0 spiro atoms. The first-order chi connectivity index (χ1) is 10.6. The number of piperidine rings is 1. The van der Waals surface area contributed by atoms with E-state index in [-0.39, 0.29) is 11.8 Å². The molecule has 0 unspecified atom stereocenters. The average molecular weight is 295 g/mol. The Morgan fingerprint density at radius 3 is 2.86 bits per heavy atom. The first-order valence-electron chi connectivity index (χ1n) is 7.78. The molecule has 1 aromatic carbocycles. The van der Waals surface area contributed by atoms with Gasteiger partial charge in [-0.15, -0.1) is 0 Å². The van der Waals surface area contributed by atoms with Gasteiger partial charge in [0.2, 0.25) is 5.91 Å². The van der Waals surface area contributed by atoms with Crippen LogP contribution in [0.25, 0.3) is 11.3 Å². The summed E-state index contributed by atoms with van der Waals surface area (Å²) in [6, 6.07) is 8.21. The first-order valence-corrected chi connectivity index (χ1v) is 7.78. The maximum atomic E-state index is 11.6. The Bertz CT molecular complexity index is 684. The Balaban J connectivity index is 1.88. The van der Waals surface area contributed by atoms with Gasteiger partial charge in [0.1, 0.15) is 0 Å². The molecule has 0 radical (unpaired) electrons. The van der Waals surface area contributed by atoms with Crippen LogP contribution in [0.1, 0.15) is 36.9 Å². The first kappa shape index (κ1) is 14.7. The van der Waals surface area contributed by atoms with E-state index < -0.39 is 0 Å². The van der Waals surface area contributed by atoms with E-state index in [1.165, 1.54) is 5.56 Å². The van der Waals surface area contributed by atoms with Crippen molar-refractivity contribution in [1.82, 2.24) is 14.9 Å². The largest absolute Gasteiger partial charge is 0.342 e. The van der Waals surface area contributed by atoms with Crippen molar-refractivity contribution < 1.29 is 4.79 Å². The van der Waals surface area contributed by atoms with Crippen LogP contribution in [0.3, 0.4) is 0 Å². The van der Waals surface area contributed by atoms with Gasteiger partial charge in [0.15, 0.2) is 0 Å². The van der Waals surface area contributed by atoms with Gasteiger partial charge in [0.25, 0.3) is 0 Å². The molecule has 1 aliphatic heterocycles. The minimum absolute atomic E-state index is 0.146. The third kappa shape index (κ3) is 3.01.